The molecule has 1 aromatic heterocycles. The van der Waals surface area contributed by atoms with Crippen LogP contribution >= 0.6 is 11.6 Å². The van der Waals surface area contributed by atoms with Crippen molar-refractivity contribution in [3.63, 3.8) is 0 Å². The predicted molar refractivity (Wildman–Crippen MR) is 80.9 cm³/mol. The van der Waals surface area contributed by atoms with E-state index < -0.39 is 11.4 Å². The number of pyridine rings is 1. The molecule has 2 atom stereocenters. The molecule has 0 bridgehead atoms. The highest BCUT2D eigenvalue weighted by Gasteiger charge is 2.51. The van der Waals surface area contributed by atoms with Crippen molar-refractivity contribution in [3.8, 4) is 0 Å². The molecular weight excluding hydrogens is 306 g/mol. The van der Waals surface area contributed by atoms with Crippen molar-refractivity contribution in [1.29, 1.82) is 0 Å². The molecule has 22 heavy (non-hydrogen) atoms. The molecule has 118 valence electrons. The summed E-state index contributed by atoms with van der Waals surface area (Å²) in [5.74, 6) is -1.06. The zero-order valence-corrected chi connectivity index (χ0v) is 12.8. The van der Waals surface area contributed by atoms with Crippen molar-refractivity contribution >= 4 is 23.5 Å². The van der Waals surface area contributed by atoms with Gasteiger partial charge in [-0.2, -0.15) is 0 Å². The van der Waals surface area contributed by atoms with Crippen molar-refractivity contribution in [2.24, 2.45) is 5.41 Å². The van der Waals surface area contributed by atoms with Crippen molar-refractivity contribution in [3.05, 3.63) is 29.0 Å². The largest absolute Gasteiger partial charge is 0.481 e. The van der Waals surface area contributed by atoms with Gasteiger partial charge in [-0.05, 0) is 37.9 Å². The zero-order chi connectivity index (χ0) is 15.7. The number of hydrogen-bond acceptors (Lipinski definition) is 4. The zero-order valence-electron chi connectivity index (χ0n) is 12.1. The smallest absolute Gasteiger partial charge is 0.313 e. The van der Waals surface area contributed by atoms with E-state index in [-0.39, 0.29) is 18.5 Å². The lowest BCUT2D eigenvalue weighted by molar-refractivity contribution is -0.156. The first-order valence-electron chi connectivity index (χ1n) is 7.40. The van der Waals surface area contributed by atoms with Gasteiger partial charge in [0.1, 0.15) is 11.1 Å². The van der Waals surface area contributed by atoms with Crippen molar-refractivity contribution in [2.75, 3.05) is 19.6 Å². The van der Waals surface area contributed by atoms with Crippen LogP contribution in [0.5, 0.6) is 0 Å². The highest BCUT2D eigenvalue weighted by atomic mass is 35.5. The molecular formula is C15H18ClN3O3. The lowest BCUT2D eigenvalue weighted by Gasteiger charge is -2.48. The molecule has 3 heterocycles. The van der Waals surface area contributed by atoms with Crippen LogP contribution in [0.15, 0.2) is 18.3 Å². The summed E-state index contributed by atoms with van der Waals surface area (Å²) in [6.07, 6.45) is 3.48. The molecule has 0 spiro atoms. The molecule has 0 aromatic carbocycles. The fraction of sp³-hybridized carbons (Fsp3) is 0.533. The Hall–Kier alpha value is -1.66. The molecule has 0 aliphatic carbocycles. The lowest BCUT2D eigenvalue weighted by Crippen LogP contribution is -2.63. The first-order valence-corrected chi connectivity index (χ1v) is 7.78. The number of likely N-dealkylation sites (tertiary alicyclic amines) is 1. The molecule has 2 aliphatic heterocycles. The average Bonchev–Trinajstić information content (AvgIpc) is 2.54. The second-order valence-corrected chi connectivity index (χ2v) is 6.39. The van der Waals surface area contributed by atoms with Crippen LogP contribution < -0.4 is 5.32 Å². The average molecular weight is 324 g/mol. The molecule has 2 fully saturated rings. The Morgan fingerprint density at radius 3 is 2.95 bits per heavy atom. The minimum Gasteiger partial charge on any atom is -0.481 e. The van der Waals surface area contributed by atoms with E-state index >= 15 is 0 Å². The van der Waals surface area contributed by atoms with Gasteiger partial charge >= 0.3 is 5.97 Å². The Morgan fingerprint density at radius 1 is 1.45 bits per heavy atom. The van der Waals surface area contributed by atoms with E-state index in [0.29, 0.717) is 30.1 Å². The van der Waals surface area contributed by atoms with Crippen LogP contribution in [-0.4, -0.2) is 52.5 Å². The van der Waals surface area contributed by atoms with Gasteiger partial charge in [0, 0.05) is 25.3 Å². The molecule has 0 unspecified atom stereocenters. The number of halogens is 1. The van der Waals surface area contributed by atoms with Crippen LogP contribution in [0.1, 0.15) is 29.8 Å². The summed E-state index contributed by atoms with van der Waals surface area (Å²) in [7, 11) is 0. The van der Waals surface area contributed by atoms with Crippen LogP contribution in [0, 0.1) is 5.41 Å². The fourth-order valence-electron chi connectivity index (χ4n) is 3.48. The third-order valence-electron chi connectivity index (χ3n) is 4.68. The van der Waals surface area contributed by atoms with E-state index in [4.69, 9.17) is 11.6 Å². The summed E-state index contributed by atoms with van der Waals surface area (Å²) in [4.78, 5) is 30.1. The lowest BCUT2D eigenvalue weighted by atomic mass is 9.70. The van der Waals surface area contributed by atoms with Crippen LogP contribution in [0.25, 0.3) is 0 Å². The molecule has 0 radical (unpaired) electrons. The molecule has 3 rings (SSSR count). The topological polar surface area (TPSA) is 82.5 Å². The summed E-state index contributed by atoms with van der Waals surface area (Å²) in [6.45, 7) is 1.60. The Morgan fingerprint density at radius 2 is 2.27 bits per heavy atom. The SMILES string of the molecule is O=C(c1ccc(Cl)cn1)N1CC[C@H]2NCCC[C@]2(C(=O)O)C1. The number of carbonyl (C=O) groups is 2. The molecule has 1 aromatic rings. The predicted octanol–water partition coefficient (Wildman–Crippen LogP) is 1.40. The van der Waals surface area contributed by atoms with Gasteiger partial charge in [0.05, 0.1) is 5.02 Å². The van der Waals surface area contributed by atoms with Crippen molar-refractivity contribution in [2.45, 2.75) is 25.3 Å². The number of carboxylic acids is 1. The Balaban J connectivity index is 1.82. The van der Waals surface area contributed by atoms with Crippen molar-refractivity contribution < 1.29 is 14.7 Å². The first kappa shape index (κ1) is 15.2. The van der Waals surface area contributed by atoms with Gasteiger partial charge in [0.25, 0.3) is 5.91 Å². The van der Waals surface area contributed by atoms with E-state index in [1.54, 1.807) is 17.0 Å². The number of amides is 1. The number of rotatable bonds is 2. The number of aliphatic carboxylic acids is 1. The third-order valence-corrected chi connectivity index (χ3v) is 4.90. The minimum absolute atomic E-state index is 0.0685. The maximum atomic E-state index is 12.6. The normalized spacial score (nSPS) is 28.0. The number of carboxylic acid groups (broad SMARTS) is 1. The van der Waals surface area contributed by atoms with Crippen LogP contribution in [0.2, 0.25) is 5.02 Å². The fourth-order valence-corrected chi connectivity index (χ4v) is 3.59. The number of fused-ring (bicyclic) bond motifs is 1. The summed E-state index contributed by atoms with van der Waals surface area (Å²) in [5, 5.41) is 13.5. The molecule has 0 saturated carbocycles. The second-order valence-electron chi connectivity index (χ2n) is 5.95. The van der Waals surface area contributed by atoms with E-state index in [1.165, 1.54) is 6.20 Å². The van der Waals surface area contributed by atoms with Crippen LogP contribution in [-0.2, 0) is 4.79 Å². The van der Waals surface area contributed by atoms with Gasteiger partial charge < -0.3 is 15.3 Å². The van der Waals surface area contributed by atoms with Crippen molar-refractivity contribution in [1.82, 2.24) is 15.2 Å². The Labute approximate surface area is 133 Å². The molecule has 1 amide bonds. The van der Waals surface area contributed by atoms with Crippen LogP contribution in [0.3, 0.4) is 0 Å². The van der Waals surface area contributed by atoms with E-state index in [0.717, 1.165) is 13.0 Å². The van der Waals surface area contributed by atoms with E-state index in [2.05, 4.69) is 10.3 Å². The van der Waals surface area contributed by atoms with Gasteiger partial charge in [0.2, 0.25) is 0 Å². The summed E-state index contributed by atoms with van der Waals surface area (Å²) >= 11 is 5.78. The third kappa shape index (κ3) is 2.57. The summed E-state index contributed by atoms with van der Waals surface area (Å²) in [6, 6.07) is 3.12. The molecule has 2 saturated heterocycles. The van der Waals surface area contributed by atoms with Gasteiger partial charge in [-0.1, -0.05) is 11.6 Å². The first-order chi connectivity index (χ1) is 10.5. The molecule has 7 heteroatoms. The highest BCUT2D eigenvalue weighted by Crippen LogP contribution is 2.38. The Kier molecular flexibility index (Phi) is 4.06. The molecule has 2 N–H and O–H groups in total. The summed E-state index contributed by atoms with van der Waals surface area (Å²) in [5.41, 5.74) is -0.592. The standard InChI is InChI=1S/C15H18ClN3O3/c16-10-2-3-11(18-8-10)13(20)19-7-4-12-15(9-19,14(21)22)5-1-6-17-12/h2-3,8,12,17H,1,4-7,9H2,(H,21,22)/t12-,15+/m1/s1. The monoisotopic (exact) mass is 323 g/mol. The summed E-state index contributed by atoms with van der Waals surface area (Å²) < 4.78 is 0. The second kappa shape index (κ2) is 5.85. The van der Waals surface area contributed by atoms with Crippen LogP contribution in [0.4, 0.5) is 0 Å². The van der Waals surface area contributed by atoms with Gasteiger partial charge in [-0.25, -0.2) is 4.98 Å². The number of piperidine rings is 2. The number of aromatic nitrogens is 1. The van der Waals surface area contributed by atoms with Gasteiger partial charge in [-0.3, -0.25) is 9.59 Å². The molecule has 6 nitrogen and oxygen atoms in total. The quantitative estimate of drug-likeness (QED) is 0.859. The number of nitrogens with zero attached hydrogens (tertiary/aromatic N) is 2. The van der Waals surface area contributed by atoms with Gasteiger partial charge in [-0.15, -0.1) is 0 Å². The number of carbonyl (C=O) groups excluding carboxylic acids is 1. The molecule has 2 aliphatic rings. The maximum Gasteiger partial charge on any atom is 0.313 e. The number of nitrogens with one attached hydrogen (secondary N) is 1. The van der Waals surface area contributed by atoms with E-state index in [1.807, 2.05) is 0 Å². The van der Waals surface area contributed by atoms with Gasteiger partial charge in [0.15, 0.2) is 0 Å². The number of hydrogen-bond donors (Lipinski definition) is 2. The maximum absolute atomic E-state index is 12.6. The Bertz CT molecular complexity index is 592. The minimum atomic E-state index is -0.890. The van der Waals surface area contributed by atoms with E-state index in [9.17, 15) is 14.7 Å². The highest BCUT2D eigenvalue weighted by molar-refractivity contribution is 6.30.